The van der Waals surface area contributed by atoms with Crippen LogP contribution in [0.15, 0.2) is 59.2 Å². The van der Waals surface area contributed by atoms with Gasteiger partial charge in [-0.25, -0.2) is 4.98 Å². The van der Waals surface area contributed by atoms with Gasteiger partial charge in [-0.15, -0.1) is 21.5 Å². The number of aromatic nitrogens is 4. The third-order valence-corrected chi connectivity index (χ3v) is 5.35. The molecule has 0 bridgehead atoms. The fraction of sp³-hybridized carbons (Fsp3) is 0.118. The molecule has 0 radical (unpaired) electrons. The second-order valence-electron chi connectivity index (χ2n) is 5.28. The van der Waals surface area contributed by atoms with Gasteiger partial charge in [0, 0.05) is 23.0 Å². The van der Waals surface area contributed by atoms with Crippen LogP contribution in [0.25, 0.3) is 5.65 Å². The standard InChI is InChI=1S/C17H15N5S2/c1-12-6-2-3-7-14(12)19-16-18-13(10-23-16)11-24-17-21-20-15-8-4-5-9-22(15)17/h2-10H,11H2,1H3,(H,18,19). The second kappa shape index (κ2) is 6.62. The lowest BCUT2D eigenvalue weighted by Crippen LogP contribution is -1.93. The monoisotopic (exact) mass is 353 g/mol. The van der Waals surface area contributed by atoms with Crippen molar-refractivity contribution in [3.63, 3.8) is 0 Å². The summed E-state index contributed by atoms with van der Waals surface area (Å²) in [5.41, 5.74) is 4.20. The van der Waals surface area contributed by atoms with Crippen molar-refractivity contribution in [2.45, 2.75) is 17.8 Å². The van der Waals surface area contributed by atoms with Crippen LogP contribution in [-0.4, -0.2) is 19.6 Å². The van der Waals surface area contributed by atoms with Gasteiger partial charge >= 0.3 is 0 Å². The summed E-state index contributed by atoms with van der Waals surface area (Å²) in [4.78, 5) is 4.66. The van der Waals surface area contributed by atoms with Crippen LogP contribution in [0.5, 0.6) is 0 Å². The zero-order valence-electron chi connectivity index (χ0n) is 13.0. The van der Waals surface area contributed by atoms with Crippen molar-refractivity contribution in [2.75, 3.05) is 5.32 Å². The van der Waals surface area contributed by atoms with Gasteiger partial charge in [0.2, 0.25) is 0 Å². The van der Waals surface area contributed by atoms with E-state index >= 15 is 0 Å². The Kier molecular flexibility index (Phi) is 4.18. The Morgan fingerprint density at radius 3 is 2.92 bits per heavy atom. The van der Waals surface area contributed by atoms with E-state index in [0.29, 0.717) is 0 Å². The van der Waals surface area contributed by atoms with E-state index in [2.05, 4.69) is 44.9 Å². The SMILES string of the molecule is Cc1ccccc1Nc1nc(CSc2nnc3ccccn23)cs1. The van der Waals surface area contributed by atoms with Gasteiger partial charge in [0.25, 0.3) is 0 Å². The van der Waals surface area contributed by atoms with E-state index in [-0.39, 0.29) is 0 Å². The summed E-state index contributed by atoms with van der Waals surface area (Å²) in [5.74, 6) is 0.766. The molecule has 0 unspecified atom stereocenters. The normalized spacial score (nSPS) is 11.0. The number of pyridine rings is 1. The molecule has 5 nitrogen and oxygen atoms in total. The largest absolute Gasteiger partial charge is 0.331 e. The third-order valence-electron chi connectivity index (χ3n) is 3.57. The summed E-state index contributed by atoms with van der Waals surface area (Å²) < 4.78 is 1.99. The van der Waals surface area contributed by atoms with Crippen LogP contribution >= 0.6 is 23.1 Å². The van der Waals surface area contributed by atoms with Crippen LogP contribution in [-0.2, 0) is 5.75 Å². The van der Waals surface area contributed by atoms with Crippen LogP contribution < -0.4 is 5.32 Å². The van der Waals surface area contributed by atoms with Crippen LogP contribution in [0.3, 0.4) is 0 Å². The molecule has 0 fully saturated rings. The molecule has 0 aliphatic rings. The smallest absolute Gasteiger partial charge is 0.195 e. The highest BCUT2D eigenvalue weighted by molar-refractivity contribution is 7.98. The summed E-state index contributed by atoms with van der Waals surface area (Å²) in [7, 11) is 0. The summed E-state index contributed by atoms with van der Waals surface area (Å²) in [6.07, 6.45) is 1.98. The molecule has 0 aliphatic carbocycles. The molecular weight excluding hydrogens is 338 g/mol. The number of hydrogen-bond acceptors (Lipinski definition) is 6. The molecule has 0 spiro atoms. The highest BCUT2D eigenvalue weighted by atomic mass is 32.2. The van der Waals surface area contributed by atoms with E-state index in [9.17, 15) is 0 Å². The number of thioether (sulfide) groups is 1. The minimum absolute atomic E-state index is 0.766. The number of para-hydroxylation sites is 1. The average Bonchev–Trinajstić information content (AvgIpc) is 3.22. The topological polar surface area (TPSA) is 55.1 Å². The number of nitrogens with one attached hydrogen (secondary N) is 1. The van der Waals surface area contributed by atoms with Crippen LogP contribution in [0.4, 0.5) is 10.8 Å². The van der Waals surface area contributed by atoms with E-state index in [0.717, 1.165) is 33.1 Å². The minimum Gasteiger partial charge on any atom is -0.331 e. The lowest BCUT2D eigenvalue weighted by molar-refractivity contribution is 0.920. The van der Waals surface area contributed by atoms with Gasteiger partial charge in [0.1, 0.15) is 0 Å². The highest BCUT2D eigenvalue weighted by Gasteiger charge is 2.08. The first-order chi connectivity index (χ1) is 11.8. The number of benzene rings is 1. The molecule has 4 rings (SSSR count). The molecule has 0 saturated carbocycles. The first kappa shape index (κ1) is 15.2. The van der Waals surface area contributed by atoms with Crippen molar-refractivity contribution in [2.24, 2.45) is 0 Å². The fourth-order valence-corrected chi connectivity index (χ4v) is 3.96. The van der Waals surface area contributed by atoms with Crippen molar-refractivity contribution < 1.29 is 0 Å². The Balaban J connectivity index is 1.45. The molecule has 0 saturated heterocycles. The molecule has 24 heavy (non-hydrogen) atoms. The van der Waals surface area contributed by atoms with Gasteiger partial charge in [-0.1, -0.05) is 36.0 Å². The lowest BCUT2D eigenvalue weighted by atomic mass is 10.2. The van der Waals surface area contributed by atoms with Crippen LogP contribution in [0.2, 0.25) is 0 Å². The Hall–Kier alpha value is -2.38. The number of nitrogens with zero attached hydrogens (tertiary/aromatic N) is 4. The highest BCUT2D eigenvalue weighted by Crippen LogP contribution is 2.27. The Labute approximate surface area is 147 Å². The first-order valence-corrected chi connectivity index (χ1v) is 9.36. The molecule has 3 heterocycles. The molecular formula is C17H15N5S2. The van der Waals surface area contributed by atoms with Crippen molar-refractivity contribution >= 4 is 39.6 Å². The summed E-state index contributed by atoms with van der Waals surface area (Å²) in [6.45, 7) is 2.09. The average molecular weight is 353 g/mol. The molecule has 0 amide bonds. The Morgan fingerprint density at radius 1 is 1.12 bits per heavy atom. The summed E-state index contributed by atoms with van der Waals surface area (Å²) in [6, 6.07) is 14.1. The Bertz CT molecular complexity index is 976. The zero-order valence-corrected chi connectivity index (χ0v) is 14.6. The number of hydrogen-bond donors (Lipinski definition) is 1. The molecule has 1 aromatic carbocycles. The molecule has 0 aliphatic heterocycles. The van der Waals surface area contributed by atoms with Crippen molar-refractivity contribution in [3.05, 3.63) is 65.3 Å². The minimum atomic E-state index is 0.766. The maximum atomic E-state index is 4.66. The number of aryl methyl sites for hydroxylation is 1. The van der Waals surface area contributed by atoms with E-state index in [1.807, 2.05) is 40.9 Å². The summed E-state index contributed by atoms with van der Waals surface area (Å²) in [5, 5.41) is 15.6. The third kappa shape index (κ3) is 3.13. The predicted octanol–water partition coefficient (Wildman–Crippen LogP) is 4.53. The zero-order chi connectivity index (χ0) is 16.4. The van der Waals surface area contributed by atoms with Gasteiger partial charge in [0.05, 0.1) is 5.69 Å². The molecule has 0 atom stereocenters. The van der Waals surface area contributed by atoms with E-state index in [1.165, 1.54) is 5.56 Å². The first-order valence-electron chi connectivity index (χ1n) is 7.49. The number of anilines is 2. The van der Waals surface area contributed by atoms with Gasteiger partial charge < -0.3 is 5.32 Å². The van der Waals surface area contributed by atoms with Crippen LogP contribution in [0.1, 0.15) is 11.3 Å². The van der Waals surface area contributed by atoms with Gasteiger partial charge in [0.15, 0.2) is 15.9 Å². The van der Waals surface area contributed by atoms with Crippen molar-refractivity contribution in [3.8, 4) is 0 Å². The maximum Gasteiger partial charge on any atom is 0.195 e. The summed E-state index contributed by atoms with van der Waals surface area (Å²) >= 11 is 3.25. The Morgan fingerprint density at radius 2 is 2.00 bits per heavy atom. The fourth-order valence-electron chi connectivity index (χ4n) is 2.32. The van der Waals surface area contributed by atoms with Gasteiger partial charge in [-0.05, 0) is 30.7 Å². The lowest BCUT2D eigenvalue weighted by Gasteiger charge is -2.05. The van der Waals surface area contributed by atoms with E-state index in [4.69, 9.17) is 0 Å². The maximum absolute atomic E-state index is 4.66. The second-order valence-corrected chi connectivity index (χ2v) is 7.08. The number of thiazole rings is 1. The van der Waals surface area contributed by atoms with E-state index in [1.54, 1.807) is 23.1 Å². The molecule has 1 N–H and O–H groups in total. The quantitative estimate of drug-likeness (QED) is 0.534. The molecule has 7 heteroatoms. The molecule has 4 aromatic rings. The molecule has 120 valence electrons. The molecule has 3 aromatic heterocycles. The number of fused-ring (bicyclic) bond motifs is 1. The van der Waals surface area contributed by atoms with E-state index < -0.39 is 0 Å². The predicted molar refractivity (Wildman–Crippen MR) is 99.1 cm³/mol. The van der Waals surface area contributed by atoms with Crippen molar-refractivity contribution in [1.82, 2.24) is 19.6 Å². The van der Waals surface area contributed by atoms with Gasteiger partial charge in [-0.2, -0.15) is 0 Å². The van der Waals surface area contributed by atoms with Crippen molar-refractivity contribution in [1.29, 1.82) is 0 Å². The van der Waals surface area contributed by atoms with Gasteiger partial charge in [-0.3, -0.25) is 4.40 Å². The van der Waals surface area contributed by atoms with Crippen LogP contribution in [0, 0.1) is 6.92 Å². The number of rotatable bonds is 5.